The van der Waals surface area contributed by atoms with Gasteiger partial charge in [-0.15, -0.1) is 0 Å². The van der Waals surface area contributed by atoms with Gasteiger partial charge in [0.15, 0.2) is 0 Å². The Balaban J connectivity index is 3.05. The molecule has 0 unspecified atom stereocenters. The molecule has 0 aliphatic rings. The maximum absolute atomic E-state index is 6.01. The molecule has 0 bridgehead atoms. The van der Waals surface area contributed by atoms with Gasteiger partial charge in [-0.1, -0.05) is 13.8 Å². The molecule has 14 heavy (non-hydrogen) atoms. The van der Waals surface area contributed by atoms with Crippen molar-refractivity contribution in [1.29, 1.82) is 0 Å². The molecule has 1 rings (SSSR count). The molecule has 0 amide bonds. The summed E-state index contributed by atoms with van der Waals surface area (Å²) in [5.41, 5.74) is 7.75. The Morgan fingerprint density at radius 2 is 1.86 bits per heavy atom. The van der Waals surface area contributed by atoms with Crippen LogP contribution in [0.15, 0.2) is 0 Å². The van der Waals surface area contributed by atoms with Crippen LogP contribution in [0.2, 0.25) is 0 Å². The third kappa shape index (κ3) is 2.00. The fourth-order valence-electron chi connectivity index (χ4n) is 1.43. The topological polar surface area (TPSA) is 55.9 Å². The number of nitrogens with zero attached hydrogens (tertiary/aromatic N) is 2. The van der Waals surface area contributed by atoms with Gasteiger partial charge in [0.1, 0.15) is 5.82 Å². The zero-order valence-electron chi connectivity index (χ0n) is 9.63. The van der Waals surface area contributed by atoms with Gasteiger partial charge in [-0.25, -0.2) is 0 Å². The molecule has 0 radical (unpaired) electrons. The van der Waals surface area contributed by atoms with Crippen LogP contribution in [-0.4, -0.2) is 15.8 Å². The Kier molecular flexibility index (Phi) is 3.03. The van der Waals surface area contributed by atoms with Crippen molar-refractivity contribution in [3.63, 3.8) is 0 Å². The molecule has 1 aromatic rings. The van der Waals surface area contributed by atoms with Crippen molar-refractivity contribution in [2.75, 3.05) is 11.1 Å². The van der Waals surface area contributed by atoms with E-state index >= 15 is 0 Å². The maximum Gasteiger partial charge on any atom is 0.147 e. The first kappa shape index (κ1) is 10.9. The first-order chi connectivity index (χ1) is 6.43. The molecule has 4 nitrogen and oxygen atoms in total. The van der Waals surface area contributed by atoms with Crippen LogP contribution in [0.5, 0.6) is 0 Å². The molecule has 4 heteroatoms. The van der Waals surface area contributed by atoms with E-state index in [1.807, 2.05) is 11.7 Å². The molecule has 0 aliphatic carbocycles. The molecule has 0 atom stereocenters. The minimum atomic E-state index is 0.365. The second kappa shape index (κ2) is 3.90. The highest BCUT2D eigenvalue weighted by Crippen LogP contribution is 2.27. The quantitative estimate of drug-likeness (QED) is 0.776. The number of anilines is 2. The van der Waals surface area contributed by atoms with Gasteiger partial charge in [0.2, 0.25) is 0 Å². The summed E-state index contributed by atoms with van der Waals surface area (Å²) in [4.78, 5) is 0. The molecule has 0 aromatic carbocycles. The van der Waals surface area contributed by atoms with Crippen LogP contribution in [0.4, 0.5) is 11.5 Å². The lowest BCUT2D eigenvalue weighted by molar-refractivity contribution is 0.709. The van der Waals surface area contributed by atoms with Crippen molar-refractivity contribution in [1.82, 2.24) is 9.78 Å². The van der Waals surface area contributed by atoms with Gasteiger partial charge in [-0.2, -0.15) is 5.10 Å². The van der Waals surface area contributed by atoms with Gasteiger partial charge in [0.25, 0.3) is 0 Å². The average Bonchev–Trinajstić information content (AvgIpc) is 2.31. The van der Waals surface area contributed by atoms with Crippen molar-refractivity contribution < 1.29 is 0 Å². The second-order valence-electron chi connectivity index (χ2n) is 4.22. The third-order valence-electron chi connectivity index (χ3n) is 2.08. The molecular weight excluding hydrogens is 176 g/mol. The number of nitrogens with two attached hydrogens (primary N) is 1. The van der Waals surface area contributed by atoms with Gasteiger partial charge < -0.3 is 11.1 Å². The smallest absolute Gasteiger partial charge is 0.147 e. The number of nitrogens with one attached hydrogen (secondary N) is 1. The van der Waals surface area contributed by atoms with Crippen LogP contribution in [0, 0.1) is 0 Å². The Morgan fingerprint density at radius 1 is 1.29 bits per heavy atom. The molecule has 0 aliphatic heterocycles. The van der Waals surface area contributed by atoms with Crippen LogP contribution < -0.4 is 11.1 Å². The Hall–Kier alpha value is -1.19. The molecule has 80 valence electrons. The van der Waals surface area contributed by atoms with Crippen molar-refractivity contribution >= 4 is 11.5 Å². The van der Waals surface area contributed by atoms with Crippen molar-refractivity contribution in [2.45, 2.75) is 39.7 Å². The lowest BCUT2D eigenvalue weighted by Gasteiger charge is -2.10. The highest BCUT2D eigenvalue weighted by molar-refractivity contribution is 5.65. The molecule has 0 spiro atoms. The highest BCUT2D eigenvalue weighted by atomic mass is 15.3. The normalized spacial score (nSPS) is 11.4. The number of aromatic nitrogens is 2. The SMILES string of the molecule is CC(C)Nc1c(N)c(C(C)C)nn1C. The van der Waals surface area contributed by atoms with Gasteiger partial charge in [-0.3, -0.25) is 4.68 Å². The number of hydrogen-bond acceptors (Lipinski definition) is 3. The Bertz CT molecular complexity index is 312. The summed E-state index contributed by atoms with van der Waals surface area (Å²) in [6.07, 6.45) is 0. The van der Waals surface area contributed by atoms with E-state index in [2.05, 4.69) is 38.1 Å². The highest BCUT2D eigenvalue weighted by Gasteiger charge is 2.15. The molecule has 1 aromatic heterocycles. The van der Waals surface area contributed by atoms with E-state index in [4.69, 9.17) is 5.73 Å². The predicted octanol–water partition coefficient (Wildman–Crippen LogP) is 1.95. The van der Waals surface area contributed by atoms with E-state index < -0.39 is 0 Å². The van der Waals surface area contributed by atoms with Crippen LogP contribution in [0.3, 0.4) is 0 Å². The third-order valence-corrected chi connectivity index (χ3v) is 2.08. The summed E-state index contributed by atoms with van der Waals surface area (Å²) in [6, 6.07) is 0.368. The van der Waals surface area contributed by atoms with E-state index in [0.29, 0.717) is 12.0 Å². The van der Waals surface area contributed by atoms with Gasteiger partial charge in [0.05, 0.1) is 11.4 Å². The van der Waals surface area contributed by atoms with E-state index in [1.54, 1.807) is 0 Å². The van der Waals surface area contributed by atoms with Gasteiger partial charge in [-0.05, 0) is 19.8 Å². The van der Waals surface area contributed by atoms with Crippen molar-refractivity contribution in [3.05, 3.63) is 5.69 Å². The van der Waals surface area contributed by atoms with Crippen LogP contribution in [0.1, 0.15) is 39.3 Å². The van der Waals surface area contributed by atoms with E-state index in [-0.39, 0.29) is 0 Å². The number of rotatable bonds is 3. The summed E-state index contributed by atoms with van der Waals surface area (Å²) < 4.78 is 1.81. The zero-order valence-corrected chi connectivity index (χ0v) is 9.63. The van der Waals surface area contributed by atoms with Crippen LogP contribution in [-0.2, 0) is 7.05 Å². The summed E-state index contributed by atoms with van der Waals surface area (Å²) in [6.45, 7) is 8.36. The Labute approximate surface area is 85.5 Å². The van der Waals surface area contributed by atoms with Crippen LogP contribution in [0.25, 0.3) is 0 Å². The maximum atomic E-state index is 6.01. The number of hydrogen-bond donors (Lipinski definition) is 2. The molecule has 0 saturated carbocycles. The number of nitrogen functional groups attached to an aromatic ring is 1. The largest absolute Gasteiger partial charge is 0.394 e. The summed E-state index contributed by atoms with van der Waals surface area (Å²) in [5, 5.41) is 7.68. The standard InChI is InChI=1S/C10H20N4/c1-6(2)9-8(11)10(12-7(3)4)14(5)13-9/h6-7,12H,11H2,1-5H3. The predicted molar refractivity (Wildman–Crippen MR) is 60.5 cm³/mol. The molecule has 0 fully saturated rings. The van der Waals surface area contributed by atoms with Crippen molar-refractivity contribution in [2.24, 2.45) is 7.05 Å². The first-order valence-electron chi connectivity index (χ1n) is 5.02. The molecule has 1 heterocycles. The average molecular weight is 196 g/mol. The van der Waals surface area contributed by atoms with E-state index in [1.165, 1.54) is 0 Å². The lowest BCUT2D eigenvalue weighted by atomic mass is 10.1. The summed E-state index contributed by atoms with van der Waals surface area (Å²) in [7, 11) is 1.91. The second-order valence-corrected chi connectivity index (χ2v) is 4.22. The first-order valence-corrected chi connectivity index (χ1v) is 5.02. The monoisotopic (exact) mass is 196 g/mol. The zero-order chi connectivity index (χ0) is 10.9. The minimum absolute atomic E-state index is 0.365. The summed E-state index contributed by atoms with van der Waals surface area (Å²) >= 11 is 0. The molecule has 0 saturated heterocycles. The van der Waals surface area contributed by atoms with Gasteiger partial charge in [0, 0.05) is 13.1 Å². The fourth-order valence-corrected chi connectivity index (χ4v) is 1.43. The molecular formula is C10H20N4. The Morgan fingerprint density at radius 3 is 2.21 bits per heavy atom. The van der Waals surface area contributed by atoms with Gasteiger partial charge >= 0.3 is 0 Å². The van der Waals surface area contributed by atoms with Crippen LogP contribution >= 0.6 is 0 Å². The minimum Gasteiger partial charge on any atom is -0.394 e. The lowest BCUT2D eigenvalue weighted by Crippen LogP contribution is -2.14. The fraction of sp³-hybridized carbons (Fsp3) is 0.700. The van der Waals surface area contributed by atoms with E-state index in [0.717, 1.165) is 17.2 Å². The summed E-state index contributed by atoms with van der Waals surface area (Å²) in [5.74, 6) is 1.28. The van der Waals surface area contributed by atoms with E-state index in [9.17, 15) is 0 Å². The molecule has 3 N–H and O–H groups in total. The number of aryl methyl sites for hydroxylation is 1. The van der Waals surface area contributed by atoms with Crippen molar-refractivity contribution in [3.8, 4) is 0 Å².